The monoisotopic (exact) mass is 588 g/mol. The van der Waals surface area contributed by atoms with E-state index in [4.69, 9.17) is 18.9 Å². The lowest BCUT2D eigenvalue weighted by molar-refractivity contribution is -0.257. The summed E-state index contributed by atoms with van der Waals surface area (Å²) < 4.78 is 23.9. The maximum Gasteiger partial charge on any atom is 0.306 e. The van der Waals surface area contributed by atoms with Gasteiger partial charge in [0.1, 0.15) is 11.5 Å². The largest absolute Gasteiger partial charge is 0.461 e. The highest BCUT2D eigenvalue weighted by Gasteiger charge is 2.72. The molecule has 2 fully saturated rings. The van der Waals surface area contributed by atoms with Gasteiger partial charge in [0.15, 0.2) is 0 Å². The van der Waals surface area contributed by atoms with Gasteiger partial charge in [-0.05, 0) is 55.4 Å². The zero-order valence-electron chi connectivity index (χ0n) is 26.3. The first kappa shape index (κ1) is 34.0. The topological polar surface area (TPSA) is 108 Å². The fourth-order valence-electron chi connectivity index (χ4n) is 7.50. The predicted molar refractivity (Wildman–Crippen MR) is 160 cm³/mol. The number of aliphatic hydroxyl groups excluding tert-OH is 1. The molecule has 2 aliphatic carbocycles. The molecule has 3 rings (SSSR count). The molecule has 0 aromatic heterocycles. The Bertz CT molecular complexity index is 1030. The lowest BCUT2D eigenvalue weighted by Crippen LogP contribution is -2.63. The first-order valence-corrected chi connectivity index (χ1v) is 15.8. The number of carbonyl (C=O) groups excluding carboxylic acids is 3. The number of rotatable bonds is 15. The molecule has 1 saturated heterocycles. The van der Waals surface area contributed by atoms with Gasteiger partial charge in [0.2, 0.25) is 12.6 Å². The van der Waals surface area contributed by atoms with Crippen LogP contribution in [0.3, 0.4) is 0 Å². The maximum atomic E-state index is 13.3. The number of esters is 3. The van der Waals surface area contributed by atoms with E-state index in [-0.39, 0.29) is 23.2 Å². The normalized spacial score (nSPS) is 33.5. The Balaban J connectivity index is 2.00. The highest BCUT2D eigenvalue weighted by molar-refractivity contribution is 5.70. The van der Waals surface area contributed by atoms with Gasteiger partial charge in [-0.3, -0.25) is 19.1 Å². The molecule has 7 unspecified atom stereocenters. The number of aliphatic hydroxyl groups is 1. The first-order chi connectivity index (χ1) is 19.9. The molecule has 3 aliphatic rings. The van der Waals surface area contributed by atoms with E-state index in [1.807, 2.05) is 0 Å². The standard InChI is InChI=1S/C34H52O8/c1-8-10-11-12-13-14-15-16-30(38)41-29-19-23(4)33(7,18-17-22(3)9-2)28-21-26(37)20-27-31(39-24(5)35)42-32(34(27,28)29)40-25(6)36/h9,20,23,26,28-29,31-32,37H,2-3,8,10-19,21H2,1,4-7H3/t23?,26-,28?,29?,31?,32?,33?,34?/m0/s1. The van der Waals surface area contributed by atoms with Gasteiger partial charge >= 0.3 is 17.9 Å². The van der Waals surface area contributed by atoms with Gasteiger partial charge in [0.05, 0.1) is 6.10 Å². The average Bonchev–Trinajstić information content (AvgIpc) is 3.21. The molecular formula is C34H52O8. The van der Waals surface area contributed by atoms with Gasteiger partial charge in [-0.2, -0.15) is 0 Å². The van der Waals surface area contributed by atoms with Crippen molar-refractivity contribution in [1.82, 2.24) is 0 Å². The number of ether oxygens (including phenoxy) is 4. The minimum Gasteiger partial charge on any atom is -0.461 e. The van der Waals surface area contributed by atoms with Crippen LogP contribution in [0, 0.1) is 22.7 Å². The average molecular weight is 589 g/mol. The lowest BCUT2D eigenvalue weighted by Gasteiger charge is -2.60. The molecule has 8 nitrogen and oxygen atoms in total. The minimum atomic E-state index is -1.17. The minimum absolute atomic E-state index is 0.0828. The number of carbonyl (C=O) groups is 3. The first-order valence-electron chi connectivity index (χ1n) is 15.8. The molecule has 1 N–H and O–H groups in total. The molecule has 42 heavy (non-hydrogen) atoms. The summed E-state index contributed by atoms with van der Waals surface area (Å²) in [6, 6.07) is 0. The van der Waals surface area contributed by atoms with Crippen molar-refractivity contribution in [3.63, 3.8) is 0 Å². The highest BCUT2D eigenvalue weighted by Crippen LogP contribution is 2.67. The second-order valence-electron chi connectivity index (χ2n) is 12.8. The van der Waals surface area contributed by atoms with Gasteiger partial charge in [-0.25, -0.2) is 0 Å². The van der Waals surface area contributed by atoms with E-state index >= 15 is 0 Å². The van der Waals surface area contributed by atoms with Gasteiger partial charge in [0, 0.05) is 25.8 Å². The SMILES string of the molecule is C=CC(=C)CCC1(C)C(C)CC(OC(=O)CCCCCCCCC)C23C(=C[C@H](O)CC12)C(OC(C)=O)OC3OC(C)=O. The molecule has 0 aromatic carbocycles. The van der Waals surface area contributed by atoms with Crippen molar-refractivity contribution >= 4 is 17.9 Å². The zero-order chi connectivity index (χ0) is 31.1. The summed E-state index contributed by atoms with van der Waals surface area (Å²) in [4.78, 5) is 37.9. The van der Waals surface area contributed by atoms with E-state index in [0.29, 0.717) is 31.3 Å². The van der Waals surface area contributed by atoms with Gasteiger partial charge in [0.25, 0.3) is 0 Å². The molecule has 1 heterocycles. The Morgan fingerprint density at radius 3 is 2.29 bits per heavy atom. The van der Waals surface area contributed by atoms with E-state index in [2.05, 4.69) is 33.9 Å². The summed E-state index contributed by atoms with van der Waals surface area (Å²) in [6.07, 6.45) is 9.69. The molecule has 1 spiro atoms. The van der Waals surface area contributed by atoms with Crippen LogP contribution in [0.25, 0.3) is 0 Å². The molecule has 8 heteroatoms. The molecule has 1 aliphatic heterocycles. The molecule has 0 radical (unpaired) electrons. The van der Waals surface area contributed by atoms with Gasteiger partial charge in [-0.1, -0.05) is 84.1 Å². The van der Waals surface area contributed by atoms with Crippen molar-refractivity contribution in [3.05, 3.63) is 36.5 Å². The Hall–Kier alpha value is -2.45. The Labute approximate surface area is 251 Å². The van der Waals surface area contributed by atoms with E-state index < -0.39 is 42.1 Å². The van der Waals surface area contributed by atoms with E-state index in [0.717, 1.165) is 31.3 Å². The van der Waals surface area contributed by atoms with Crippen LogP contribution in [-0.2, 0) is 33.3 Å². The van der Waals surface area contributed by atoms with E-state index in [1.165, 1.54) is 39.5 Å². The van der Waals surface area contributed by atoms with E-state index in [9.17, 15) is 19.5 Å². The predicted octanol–water partition coefficient (Wildman–Crippen LogP) is 6.71. The van der Waals surface area contributed by atoms with Crippen molar-refractivity contribution < 1.29 is 38.4 Å². The molecular weight excluding hydrogens is 536 g/mol. The third-order valence-electron chi connectivity index (χ3n) is 9.92. The lowest BCUT2D eigenvalue weighted by atomic mass is 9.45. The summed E-state index contributed by atoms with van der Waals surface area (Å²) in [5, 5.41) is 11.1. The van der Waals surface area contributed by atoms with Crippen molar-refractivity contribution in [2.75, 3.05) is 0 Å². The Kier molecular flexibility index (Phi) is 12.0. The molecule has 1 saturated carbocycles. The number of allylic oxidation sites excluding steroid dienone is 2. The Morgan fingerprint density at radius 2 is 1.67 bits per heavy atom. The summed E-state index contributed by atoms with van der Waals surface area (Å²) in [5.41, 5.74) is -0.106. The van der Waals surface area contributed by atoms with Gasteiger partial charge < -0.3 is 19.3 Å². The summed E-state index contributed by atoms with van der Waals surface area (Å²) in [7, 11) is 0. The smallest absolute Gasteiger partial charge is 0.306 e. The maximum absolute atomic E-state index is 13.3. The van der Waals surface area contributed by atoms with E-state index in [1.54, 1.807) is 12.2 Å². The quantitative estimate of drug-likeness (QED) is 0.0739. The second-order valence-corrected chi connectivity index (χ2v) is 12.8. The van der Waals surface area contributed by atoms with Crippen molar-refractivity contribution in [3.8, 4) is 0 Å². The highest BCUT2D eigenvalue weighted by atomic mass is 16.8. The number of unbranched alkanes of at least 4 members (excludes halogenated alkanes) is 6. The number of hydrogen-bond donors (Lipinski definition) is 1. The van der Waals surface area contributed by atoms with Crippen LogP contribution < -0.4 is 0 Å². The van der Waals surface area contributed by atoms with Crippen LogP contribution in [0.5, 0.6) is 0 Å². The third-order valence-corrected chi connectivity index (χ3v) is 9.92. The van der Waals surface area contributed by atoms with Crippen molar-refractivity contribution in [2.24, 2.45) is 22.7 Å². The molecule has 8 atom stereocenters. The third kappa shape index (κ3) is 7.36. The number of hydrogen-bond acceptors (Lipinski definition) is 8. The fourth-order valence-corrected chi connectivity index (χ4v) is 7.50. The van der Waals surface area contributed by atoms with Crippen LogP contribution >= 0.6 is 0 Å². The van der Waals surface area contributed by atoms with Crippen LogP contribution in [0.4, 0.5) is 0 Å². The molecule has 0 amide bonds. The second kappa shape index (κ2) is 14.8. The molecule has 236 valence electrons. The van der Waals surface area contributed by atoms with Crippen LogP contribution in [-0.4, -0.2) is 47.8 Å². The van der Waals surface area contributed by atoms with Gasteiger partial charge in [-0.15, -0.1) is 0 Å². The fraction of sp³-hybridized carbons (Fsp3) is 0.735. The molecule has 0 bridgehead atoms. The molecule has 0 aromatic rings. The van der Waals surface area contributed by atoms with Crippen molar-refractivity contribution in [1.29, 1.82) is 0 Å². The summed E-state index contributed by atoms with van der Waals surface area (Å²) >= 11 is 0. The van der Waals surface area contributed by atoms with Crippen LogP contribution in [0.1, 0.15) is 112 Å². The van der Waals surface area contributed by atoms with Crippen LogP contribution in [0.2, 0.25) is 0 Å². The van der Waals surface area contributed by atoms with Crippen LogP contribution in [0.15, 0.2) is 36.5 Å². The zero-order valence-corrected chi connectivity index (χ0v) is 26.3. The Morgan fingerprint density at radius 1 is 1.02 bits per heavy atom. The summed E-state index contributed by atoms with van der Waals surface area (Å²) in [5.74, 6) is -1.67. The summed E-state index contributed by atoms with van der Waals surface area (Å²) in [6.45, 7) is 17.1. The van der Waals surface area contributed by atoms with Crippen molar-refractivity contribution in [2.45, 2.75) is 136 Å².